The first kappa shape index (κ1) is 18.9. The van der Waals surface area contributed by atoms with Gasteiger partial charge in [-0.3, -0.25) is 4.79 Å². The number of carbonyl (C=O) groups excluding carboxylic acids is 1. The molecule has 0 spiro atoms. The van der Waals surface area contributed by atoms with Gasteiger partial charge in [0, 0.05) is 63.9 Å². The molecule has 0 unspecified atom stereocenters. The van der Waals surface area contributed by atoms with Gasteiger partial charge >= 0.3 is 0 Å². The van der Waals surface area contributed by atoms with E-state index < -0.39 is 0 Å². The summed E-state index contributed by atoms with van der Waals surface area (Å²) in [5, 5.41) is 9.00. The Labute approximate surface area is 166 Å². The van der Waals surface area contributed by atoms with Crippen molar-refractivity contribution in [2.75, 3.05) is 52.2 Å². The quantitative estimate of drug-likeness (QED) is 0.811. The van der Waals surface area contributed by atoms with Crippen LogP contribution in [0.5, 0.6) is 0 Å². The third kappa shape index (κ3) is 3.76. The average molecular weight is 383 g/mol. The number of likely N-dealkylation sites (N-methyl/N-ethyl adjacent to an activating group) is 1. The average Bonchev–Trinajstić information content (AvgIpc) is 2.99. The van der Waals surface area contributed by atoms with Crippen molar-refractivity contribution in [3.63, 3.8) is 0 Å². The molecule has 3 heterocycles. The number of likely N-dealkylation sites (tertiary alicyclic amines) is 1. The summed E-state index contributed by atoms with van der Waals surface area (Å²) in [7, 11) is 6.18. The number of hydrogen-bond donors (Lipinski definition) is 0. The van der Waals surface area contributed by atoms with Crippen LogP contribution in [0.1, 0.15) is 40.8 Å². The molecule has 4 rings (SSSR count). The minimum absolute atomic E-state index is 0.1000. The maximum Gasteiger partial charge on any atom is 0.253 e. The van der Waals surface area contributed by atoms with Crippen LogP contribution in [-0.4, -0.2) is 77.8 Å². The number of piperidine rings is 1. The zero-order valence-corrected chi connectivity index (χ0v) is 17.1. The molecular weight excluding hydrogens is 352 g/mol. The third-order valence-electron chi connectivity index (χ3n) is 5.96. The van der Waals surface area contributed by atoms with E-state index in [1.807, 2.05) is 48.2 Å². The van der Waals surface area contributed by atoms with Crippen LogP contribution in [0.2, 0.25) is 0 Å². The van der Waals surface area contributed by atoms with Crippen LogP contribution in [0.3, 0.4) is 0 Å². The number of nitrogens with zero attached hydrogens (tertiary/aromatic N) is 6. The predicted octanol–water partition coefficient (Wildman–Crippen LogP) is 1.85. The third-order valence-corrected chi connectivity index (χ3v) is 5.96. The van der Waals surface area contributed by atoms with Crippen LogP contribution < -0.4 is 4.90 Å². The van der Waals surface area contributed by atoms with Crippen LogP contribution in [0.4, 0.5) is 5.69 Å². The largest absolute Gasteiger partial charge is 0.378 e. The normalized spacial score (nSPS) is 20.5. The second-order valence-corrected chi connectivity index (χ2v) is 8.21. The van der Waals surface area contributed by atoms with Gasteiger partial charge in [-0.25, -0.2) is 0 Å². The van der Waals surface area contributed by atoms with Gasteiger partial charge in [0.15, 0.2) is 0 Å². The number of benzene rings is 1. The smallest absolute Gasteiger partial charge is 0.253 e. The molecule has 7 nitrogen and oxygen atoms in total. The van der Waals surface area contributed by atoms with Crippen molar-refractivity contribution in [1.82, 2.24) is 24.6 Å². The summed E-state index contributed by atoms with van der Waals surface area (Å²) in [6.45, 7) is 4.37. The van der Waals surface area contributed by atoms with E-state index >= 15 is 0 Å². The van der Waals surface area contributed by atoms with Crippen LogP contribution >= 0.6 is 0 Å². The number of aromatic nitrogens is 3. The number of anilines is 1. The van der Waals surface area contributed by atoms with Crippen molar-refractivity contribution in [1.29, 1.82) is 0 Å². The van der Waals surface area contributed by atoms with Crippen molar-refractivity contribution >= 4 is 11.6 Å². The fraction of sp³-hybridized carbons (Fsp3) is 0.571. The number of carbonyl (C=O) groups is 1. The number of hydrogen-bond acceptors (Lipinski definition) is 5. The molecule has 1 atom stereocenters. The highest BCUT2D eigenvalue weighted by Gasteiger charge is 2.28. The van der Waals surface area contributed by atoms with Gasteiger partial charge in [-0.2, -0.15) is 0 Å². The van der Waals surface area contributed by atoms with Crippen LogP contribution in [0, 0.1) is 0 Å². The Hall–Kier alpha value is -2.41. The van der Waals surface area contributed by atoms with Gasteiger partial charge in [-0.05, 0) is 50.7 Å². The topological polar surface area (TPSA) is 57.5 Å². The first-order valence-electron chi connectivity index (χ1n) is 10.2. The summed E-state index contributed by atoms with van der Waals surface area (Å²) >= 11 is 0. The molecule has 1 saturated heterocycles. The Morgan fingerprint density at radius 1 is 1.07 bits per heavy atom. The van der Waals surface area contributed by atoms with Crippen LogP contribution in [0.25, 0.3) is 0 Å². The van der Waals surface area contributed by atoms with E-state index in [9.17, 15) is 4.79 Å². The maximum absolute atomic E-state index is 13.0. The molecular formula is C21H30N6O. The van der Waals surface area contributed by atoms with E-state index in [-0.39, 0.29) is 5.91 Å². The SMILES string of the molecule is CN1CCC[C@H](c2nnc3n2CCN(C(=O)c2ccc(N(C)C)cc2)CC3)C1. The highest BCUT2D eigenvalue weighted by molar-refractivity contribution is 5.94. The molecule has 0 saturated carbocycles. The Bertz CT molecular complexity index is 828. The van der Waals surface area contributed by atoms with Crippen molar-refractivity contribution in [2.24, 2.45) is 0 Å². The Morgan fingerprint density at radius 2 is 1.86 bits per heavy atom. The van der Waals surface area contributed by atoms with E-state index in [2.05, 4.69) is 26.7 Å². The van der Waals surface area contributed by atoms with Gasteiger partial charge in [-0.15, -0.1) is 10.2 Å². The lowest BCUT2D eigenvalue weighted by molar-refractivity contribution is 0.0758. The molecule has 0 radical (unpaired) electrons. The number of rotatable bonds is 3. The molecule has 2 aliphatic rings. The molecule has 150 valence electrons. The van der Waals surface area contributed by atoms with E-state index in [4.69, 9.17) is 0 Å². The lowest BCUT2D eigenvalue weighted by atomic mass is 9.97. The number of amides is 1. The van der Waals surface area contributed by atoms with Gasteiger partial charge < -0.3 is 19.3 Å². The summed E-state index contributed by atoms with van der Waals surface area (Å²) in [4.78, 5) is 19.4. The predicted molar refractivity (Wildman–Crippen MR) is 110 cm³/mol. The zero-order valence-electron chi connectivity index (χ0n) is 17.1. The first-order valence-corrected chi connectivity index (χ1v) is 10.2. The highest BCUT2D eigenvalue weighted by atomic mass is 16.2. The molecule has 2 aliphatic heterocycles. The van der Waals surface area contributed by atoms with Crippen LogP contribution in [-0.2, 0) is 13.0 Å². The molecule has 7 heteroatoms. The molecule has 0 aliphatic carbocycles. The summed E-state index contributed by atoms with van der Waals surface area (Å²) in [6.07, 6.45) is 3.14. The van der Waals surface area contributed by atoms with Gasteiger partial charge in [0.1, 0.15) is 11.6 Å². The van der Waals surface area contributed by atoms with Gasteiger partial charge in [0.05, 0.1) is 0 Å². The second kappa shape index (κ2) is 7.91. The van der Waals surface area contributed by atoms with E-state index in [0.29, 0.717) is 19.0 Å². The van der Waals surface area contributed by atoms with E-state index in [1.165, 1.54) is 12.8 Å². The molecule has 1 fully saturated rings. The van der Waals surface area contributed by atoms with Crippen molar-refractivity contribution in [3.8, 4) is 0 Å². The number of fused-ring (bicyclic) bond motifs is 1. The summed E-state index contributed by atoms with van der Waals surface area (Å²) in [5.74, 6) is 2.66. The minimum atomic E-state index is 0.1000. The second-order valence-electron chi connectivity index (χ2n) is 8.21. The van der Waals surface area contributed by atoms with E-state index in [0.717, 1.165) is 49.0 Å². The molecule has 0 bridgehead atoms. The fourth-order valence-electron chi connectivity index (χ4n) is 4.31. The van der Waals surface area contributed by atoms with Crippen LogP contribution in [0.15, 0.2) is 24.3 Å². The Kier molecular flexibility index (Phi) is 5.35. The molecule has 2 aromatic rings. The molecule has 0 N–H and O–H groups in total. The van der Waals surface area contributed by atoms with Crippen molar-refractivity contribution in [2.45, 2.75) is 31.7 Å². The fourth-order valence-corrected chi connectivity index (χ4v) is 4.31. The standard InChI is InChI=1S/C21H30N6O/c1-24(2)18-8-6-16(7-9-18)21(28)26-12-10-19-22-23-20(27(19)14-13-26)17-5-4-11-25(3)15-17/h6-9,17H,4-5,10-15H2,1-3H3/t17-/m0/s1. The van der Waals surface area contributed by atoms with E-state index in [1.54, 1.807) is 0 Å². The molecule has 1 aromatic heterocycles. The molecule has 1 aromatic carbocycles. The lowest BCUT2D eigenvalue weighted by Gasteiger charge is -2.29. The maximum atomic E-state index is 13.0. The monoisotopic (exact) mass is 382 g/mol. The summed E-state index contributed by atoms with van der Waals surface area (Å²) in [5.41, 5.74) is 1.85. The van der Waals surface area contributed by atoms with Crippen molar-refractivity contribution < 1.29 is 4.79 Å². The minimum Gasteiger partial charge on any atom is -0.378 e. The lowest BCUT2D eigenvalue weighted by Crippen LogP contribution is -2.34. The Balaban J connectivity index is 1.46. The highest BCUT2D eigenvalue weighted by Crippen LogP contribution is 2.26. The molecule has 1 amide bonds. The van der Waals surface area contributed by atoms with Gasteiger partial charge in [-0.1, -0.05) is 0 Å². The molecule has 28 heavy (non-hydrogen) atoms. The van der Waals surface area contributed by atoms with Crippen molar-refractivity contribution in [3.05, 3.63) is 41.5 Å². The van der Waals surface area contributed by atoms with Gasteiger partial charge in [0.2, 0.25) is 0 Å². The summed E-state index contributed by atoms with van der Waals surface area (Å²) < 4.78 is 2.27. The summed E-state index contributed by atoms with van der Waals surface area (Å²) in [6, 6.07) is 7.84. The van der Waals surface area contributed by atoms with Gasteiger partial charge in [0.25, 0.3) is 5.91 Å². The first-order chi connectivity index (χ1) is 13.5. The zero-order chi connectivity index (χ0) is 19.7. The Morgan fingerprint density at radius 3 is 2.57 bits per heavy atom.